The molecule has 1 aromatic rings. The standard InChI is InChI=1S/C6H10N2O2/c1-9-4-5-3-8-6(2-7)10-5/h3H,2,4,7H2,1H3. The van der Waals surface area contributed by atoms with Gasteiger partial charge in [0.25, 0.3) is 0 Å². The normalized spacial score (nSPS) is 10.2. The molecule has 0 aliphatic carbocycles. The van der Waals surface area contributed by atoms with E-state index in [-0.39, 0.29) is 0 Å². The Morgan fingerprint density at radius 3 is 3.10 bits per heavy atom. The molecule has 0 bridgehead atoms. The van der Waals surface area contributed by atoms with Crippen molar-refractivity contribution in [2.45, 2.75) is 13.2 Å². The molecule has 4 heteroatoms. The van der Waals surface area contributed by atoms with Crippen LogP contribution in [0.2, 0.25) is 0 Å². The second kappa shape index (κ2) is 3.34. The van der Waals surface area contributed by atoms with E-state index >= 15 is 0 Å². The first kappa shape index (κ1) is 7.24. The summed E-state index contributed by atoms with van der Waals surface area (Å²) in [5.41, 5.74) is 5.26. The monoisotopic (exact) mass is 142 g/mol. The summed E-state index contributed by atoms with van der Waals surface area (Å²) in [6.07, 6.45) is 1.62. The Morgan fingerprint density at radius 2 is 2.60 bits per heavy atom. The van der Waals surface area contributed by atoms with Gasteiger partial charge in [0, 0.05) is 7.11 Å². The van der Waals surface area contributed by atoms with Crippen molar-refractivity contribution in [3.63, 3.8) is 0 Å². The van der Waals surface area contributed by atoms with E-state index in [4.69, 9.17) is 14.9 Å². The number of nitrogens with two attached hydrogens (primary N) is 1. The van der Waals surface area contributed by atoms with E-state index < -0.39 is 0 Å². The average molecular weight is 142 g/mol. The molecular formula is C6H10N2O2. The van der Waals surface area contributed by atoms with Gasteiger partial charge in [-0.2, -0.15) is 0 Å². The van der Waals surface area contributed by atoms with Gasteiger partial charge in [0.15, 0.2) is 0 Å². The quantitative estimate of drug-likeness (QED) is 0.658. The summed E-state index contributed by atoms with van der Waals surface area (Å²) >= 11 is 0. The number of hydrogen-bond acceptors (Lipinski definition) is 4. The number of hydrogen-bond donors (Lipinski definition) is 1. The van der Waals surface area contributed by atoms with E-state index in [9.17, 15) is 0 Å². The highest BCUT2D eigenvalue weighted by molar-refractivity contribution is 4.91. The summed E-state index contributed by atoms with van der Waals surface area (Å²) in [5.74, 6) is 1.26. The van der Waals surface area contributed by atoms with E-state index in [1.54, 1.807) is 13.3 Å². The van der Waals surface area contributed by atoms with Gasteiger partial charge in [-0.1, -0.05) is 0 Å². The van der Waals surface area contributed by atoms with Crippen LogP contribution in [0.4, 0.5) is 0 Å². The SMILES string of the molecule is COCc1cnc(CN)o1. The topological polar surface area (TPSA) is 61.3 Å². The van der Waals surface area contributed by atoms with Crippen LogP contribution in [0.1, 0.15) is 11.7 Å². The number of ether oxygens (including phenoxy) is 1. The zero-order valence-electron chi connectivity index (χ0n) is 5.83. The predicted molar refractivity (Wildman–Crippen MR) is 35.1 cm³/mol. The average Bonchev–Trinajstić information content (AvgIpc) is 2.37. The van der Waals surface area contributed by atoms with Gasteiger partial charge < -0.3 is 14.9 Å². The Balaban J connectivity index is 2.59. The van der Waals surface area contributed by atoms with E-state index in [2.05, 4.69) is 4.98 Å². The Bertz CT molecular complexity index is 197. The minimum absolute atomic E-state index is 0.337. The third-order valence-electron chi connectivity index (χ3n) is 1.06. The number of oxazole rings is 1. The lowest BCUT2D eigenvalue weighted by Gasteiger charge is -1.89. The van der Waals surface area contributed by atoms with E-state index in [0.717, 1.165) is 0 Å². The highest BCUT2D eigenvalue weighted by Crippen LogP contribution is 2.02. The molecule has 1 rings (SSSR count). The highest BCUT2D eigenvalue weighted by Gasteiger charge is 1.99. The molecule has 1 heterocycles. The first-order valence-electron chi connectivity index (χ1n) is 2.99. The lowest BCUT2D eigenvalue weighted by atomic mass is 10.6. The molecule has 1 aromatic heterocycles. The van der Waals surface area contributed by atoms with Crippen LogP contribution in [0, 0.1) is 0 Å². The first-order valence-corrected chi connectivity index (χ1v) is 2.99. The van der Waals surface area contributed by atoms with Crippen LogP contribution in [0.5, 0.6) is 0 Å². The minimum Gasteiger partial charge on any atom is -0.442 e. The third kappa shape index (κ3) is 1.55. The maximum absolute atomic E-state index is 5.26. The molecule has 0 unspecified atom stereocenters. The molecule has 10 heavy (non-hydrogen) atoms. The number of rotatable bonds is 3. The Kier molecular flexibility index (Phi) is 2.42. The van der Waals surface area contributed by atoms with Crippen molar-refractivity contribution in [2.24, 2.45) is 5.73 Å². The molecule has 4 nitrogen and oxygen atoms in total. The molecule has 0 amide bonds. The van der Waals surface area contributed by atoms with Gasteiger partial charge >= 0.3 is 0 Å². The third-order valence-corrected chi connectivity index (χ3v) is 1.06. The van der Waals surface area contributed by atoms with Crippen molar-refractivity contribution in [3.8, 4) is 0 Å². The Hall–Kier alpha value is -0.870. The molecule has 0 radical (unpaired) electrons. The Labute approximate surface area is 59.0 Å². The van der Waals surface area contributed by atoms with Gasteiger partial charge in [-0.25, -0.2) is 4.98 Å². The van der Waals surface area contributed by atoms with E-state index in [0.29, 0.717) is 24.8 Å². The predicted octanol–water partition coefficient (Wildman–Crippen LogP) is 0.280. The van der Waals surface area contributed by atoms with Crippen LogP contribution >= 0.6 is 0 Å². The molecule has 0 aliphatic rings. The molecule has 2 N–H and O–H groups in total. The highest BCUT2D eigenvalue weighted by atomic mass is 16.5. The van der Waals surface area contributed by atoms with Crippen molar-refractivity contribution in [1.82, 2.24) is 4.98 Å². The lowest BCUT2D eigenvalue weighted by Crippen LogP contribution is -1.95. The van der Waals surface area contributed by atoms with Crippen LogP contribution in [0.15, 0.2) is 10.6 Å². The Morgan fingerprint density at radius 1 is 1.80 bits per heavy atom. The van der Waals surface area contributed by atoms with Crippen LogP contribution in [0.25, 0.3) is 0 Å². The molecule has 0 atom stereocenters. The van der Waals surface area contributed by atoms with Gasteiger partial charge in [0.05, 0.1) is 12.7 Å². The summed E-state index contributed by atoms with van der Waals surface area (Å²) in [5, 5.41) is 0. The summed E-state index contributed by atoms with van der Waals surface area (Å²) < 4.78 is 9.92. The molecular weight excluding hydrogens is 132 g/mol. The maximum Gasteiger partial charge on any atom is 0.208 e. The maximum atomic E-state index is 5.26. The molecule has 0 aromatic carbocycles. The largest absolute Gasteiger partial charge is 0.442 e. The van der Waals surface area contributed by atoms with Gasteiger partial charge in [0.1, 0.15) is 12.4 Å². The molecule has 0 saturated carbocycles. The van der Waals surface area contributed by atoms with Crippen LogP contribution in [0.3, 0.4) is 0 Å². The zero-order chi connectivity index (χ0) is 7.40. The van der Waals surface area contributed by atoms with E-state index in [1.807, 2.05) is 0 Å². The fraction of sp³-hybridized carbons (Fsp3) is 0.500. The number of nitrogens with zero attached hydrogens (tertiary/aromatic N) is 1. The van der Waals surface area contributed by atoms with Crippen LogP contribution in [-0.4, -0.2) is 12.1 Å². The molecule has 0 saturated heterocycles. The van der Waals surface area contributed by atoms with Gasteiger partial charge in [-0.3, -0.25) is 0 Å². The second-order valence-corrected chi connectivity index (χ2v) is 1.86. The van der Waals surface area contributed by atoms with Crippen LogP contribution < -0.4 is 5.73 Å². The second-order valence-electron chi connectivity index (χ2n) is 1.86. The molecule has 0 fully saturated rings. The van der Waals surface area contributed by atoms with Crippen molar-refractivity contribution in [1.29, 1.82) is 0 Å². The number of methoxy groups -OCH3 is 1. The zero-order valence-corrected chi connectivity index (χ0v) is 5.83. The van der Waals surface area contributed by atoms with Crippen molar-refractivity contribution in [3.05, 3.63) is 17.8 Å². The molecule has 0 spiro atoms. The fourth-order valence-electron chi connectivity index (χ4n) is 0.651. The van der Waals surface area contributed by atoms with Gasteiger partial charge in [-0.15, -0.1) is 0 Å². The molecule has 56 valence electrons. The fourth-order valence-corrected chi connectivity index (χ4v) is 0.651. The smallest absolute Gasteiger partial charge is 0.208 e. The summed E-state index contributed by atoms with van der Waals surface area (Å²) in [4.78, 5) is 3.88. The first-order chi connectivity index (χ1) is 4.86. The summed E-state index contributed by atoms with van der Waals surface area (Å²) in [6, 6.07) is 0. The number of aromatic nitrogens is 1. The van der Waals surface area contributed by atoms with Crippen molar-refractivity contribution < 1.29 is 9.15 Å². The summed E-state index contributed by atoms with van der Waals surface area (Å²) in [7, 11) is 1.60. The van der Waals surface area contributed by atoms with Gasteiger partial charge in [-0.05, 0) is 0 Å². The lowest BCUT2D eigenvalue weighted by molar-refractivity contribution is 0.162. The van der Waals surface area contributed by atoms with Crippen molar-refractivity contribution >= 4 is 0 Å². The minimum atomic E-state index is 0.337. The van der Waals surface area contributed by atoms with Gasteiger partial charge in [0.2, 0.25) is 5.89 Å². The van der Waals surface area contributed by atoms with Crippen molar-refractivity contribution in [2.75, 3.05) is 7.11 Å². The summed E-state index contributed by atoms with van der Waals surface area (Å²) in [6.45, 7) is 0.788. The van der Waals surface area contributed by atoms with Crippen LogP contribution in [-0.2, 0) is 17.9 Å². The molecule has 0 aliphatic heterocycles. The van der Waals surface area contributed by atoms with E-state index in [1.165, 1.54) is 0 Å².